The third-order valence-electron chi connectivity index (χ3n) is 4.46. The first kappa shape index (κ1) is 23.1. The molecule has 1 fully saturated rings. The Labute approximate surface area is 174 Å². The fraction of sp³-hybridized carbons (Fsp3) is 0.500. The number of hydrogen-bond acceptors (Lipinski definition) is 6. The SMILES string of the molecule is CN(C)S(=O)(=O)c1ccc(Cl)c(C(=O)OCC(=O)NC(=O)NC2CCCCC2)c1. The summed E-state index contributed by atoms with van der Waals surface area (Å²) in [7, 11) is -1.07. The van der Waals surface area contributed by atoms with E-state index in [1.807, 2.05) is 0 Å². The Morgan fingerprint density at radius 3 is 2.45 bits per heavy atom. The van der Waals surface area contributed by atoms with Crippen LogP contribution < -0.4 is 10.6 Å². The second-order valence-electron chi connectivity index (χ2n) is 6.86. The van der Waals surface area contributed by atoms with Gasteiger partial charge in [0.15, 0.2) is 6.61 Å². The Morgan fingerprint density at radius 1 is 1.17 bits per heavy atom. The first-order valence-corrected chi connectivity index (χ1v) is 10.9. The number of rotatable bonds is 6. The van der Waals surface area contributed by atoms with Crippen LogP contribution in [-0.4, -0.2) is 57.4 Å². The van der Waals surface area contributed by atoms with Gasteiger partial charge in [0, 0.05) is 20.1 Å². The molecule has 0 heterocycles. The molecule has 0 saturated heterocycles. The van der Waals surface area contributed by atoms with Gasteiger partial charge in [0.1, 0.15) is 0 Å². The fourth-order valence-corrected chi connectivity index (χ4v) is 4.00. The summed E-state index contributed by atoms with van der Waals surface area (Å²) >= 11 is 5.95. The van der Waals surface area contributed by atoms with Crippen LogP contribution in [0, 0.1) is 0 Å². The Kier molecular flexibility index (Phi) is 8.00. The zero-order valence-electron chi connectivity index (χ0n) is 16.2. The van der Waals surface area contributed by atoms with Gasteiger partial charge in [0.2, 0.25) is 10.0 Å². The molecule has 2 rings (SSSR count). The minimum absolute atomic E-state index is 0.0249. The van der Waals surface area contributed by atoms with Crippen LogP contribution in [0.25, 0.3) is 0 Å². The van der Waals surface area contributed by atoms with E-state index in [0.717, 1.165) is 42.5 Å². The molecule has 29 heavy (non-hydrogen) atoms. The summed E-state index contributed by atoms with van der Waals surface area (Å²) in [6, 6.07) is 2.98. The van der Waals surface area contributed by atoms with Crippen LogP contribution in [-0.2, 0) is 19.6 Å². The molecule has 160 valence electrons. The van der Waals surface area contributed by atoms with Crippen molar-refractivity contribution in [3.8, 4) is 0 Å². The minimum Gasteiger partial charge on any atom is -0.452 e. The van der Waals surface area contributed by atoms with Gasteiger partial charge >= 0.3 is 12.0 Å². The molecule has 0 spiro atoms. The summed E-state index contributed by atoms with van der Waals surface area (Å²) in [5.74, 6) is -1.78. The summed E-state index contributed by atoms with van der Waals surface area (Å²) < 4.78 is 30.2. The number of esters is 1. The largest absolute Gasteiger partial charge is 0.452 e. The lowest BCUT2D eigenvalue weighted by atomic mass is 9.96. The highest BCUT2D eigenvalue weighted by atomic mass is 35.5. The van der Waals surface area contributed by atoms with Crippen molar-refractivity contribution >= 4 is 39.5 Å². The highest BCUT2D eigenvalue weighted by Gasteiger charge is 2.22. The number of carbonyl (C=O) groups is 3. The molecule has 1 saturated carbocycles. The number of imide groups is 1. The number of amides is 3. The van der Waals surface area contributed by atoms with Crippen LogP contribution >= 0.6 is 11.6 Å². The van der Waals surface area contributed by atoms with Gasteiger partial charge in [-0.05, 0) is 31.0 Å². The maximum atomic E-state index is 12.2. The number of urea groups is 1. The van der Waals surface area contributed by atoms with Crippen LogP contribution in [0.3, 0.4) is 0 Å². The fourth-order valence-electron chi connectivity index (χ4n) is 2.87. The Morgan fingerprint density at radius 2 is 1.83 bits per heavy atom. The van der Waals surface area contributed by atoms with E-state index >= 15 is 0 Å². The van der Waals surface area contributed by atoms with Crippen molar-refractivity contribution in [3.63, 3.8) is 0 Å². The lowest BCUT2D eigenvalue weighted by Gasteiger charge is -2.22. The molecule has 0 atom stereocenters. The van der Waals surface area contributed by atoms with E-state index in [9.17, 15) is 22.8 Å². The quantitative estimate of drug-likeness (QED) is 0.645. The van der Waals surface area contributed by atoms with Gasteiger partial charge in [-0.1, -0.05) is 30.9 Å². The van der Waals surface area contributed by atoms with Crippen molar-refractivity contribution in [1.29, 1.82) is 0 Å². The summed E-state index contributed by atoms with van der Waals surface area (Å²) in [4.78, 5) is 35.8. The number of carbonyl (C=O) groups excluding carboxylic acids is 3. The van der Waals surface area contributed by atoms with E-state index in [2.05, 4.69) is 10.6 Å². The summed E-state index contributed by atoms with van der Waals surface area (Å²) in [6.45, 7) is -0.710. The second-order valence-corrected chi connectivity index (χ2v) is 9.42. The van der Waals surface area contributed by atoms with Crippen molar-refractivity contribution in [2.75, 3.05) is 20.7 Å². The summed E-state index contributed by atoms with van der Waals surface area (Å²) in [5, 5.41) is 4.78. The van der Waals surface area contributed by atoms with Gasteiger partial charge in [-0.25, -0.2) is 22.3 Å². The molecule has 0 aromatic heterocycles. The van der Waals surface area contributed by atoms with Crippen molar-refractivity contribution in [2.45, 2.75) is 43.0 Å². The van der Waals surface area contributed by atoms with E-state index in [-0.39, 0.29) is 21.5 Å². The van der Waals surface area contributed by atoms with Gasteiger partial charge in [0.25, 0.3) is 5.91 Å². The summed E-state index contributed by atoms with van der Waals surface area (Å²) in [6.07, 6.45) is 4.91. The average Bonchev–Trinajstić information content (AvgIpc) is 2.66. The van der Waals surface area contributed by atoms with Crippen LogP contribution in [0.1, 0.15) is 42.5 Å². The highest BCUT2D eigenvalue weighted by Crippen LogP contribution is 2.23. The zero-order valence-corrected chi connectivity index (χ0v) is 17.8. The van der Waals surface area contributed by atoms with Gasteiger partial charge in [-0.2, -0.15) is 0 Å². The average molecular weight is 446 g/mol. The molecular formula is C18H24ClN3O6S. The first-order chi connectivity index (χ1) is 13.6. The number of nitrogens with one attached hydrogen (secondary N) is 2. The highest BCUT2D eigenvalue weighted by molar-refractivity contribution is 7.89. The van der Waals surface area contributed by atoms with Gasteiger partial charge < -0.3 is 10.1 Å². The number of sulfonamides is 1. The topological polar surface area (TPSA) is 122 Å². The van der Waals surface area contributed by atoms with Gasteiger partial charge in [-0.3, -0.25) is 10.1 Å². The van der Waals surface area contributed by atoms with Crippen LogP contribution in [0.2, 0.25) is 5.02 Å². The maximum absolute atomic E-state index is 12.2. The molecule has 0 unspecified atom stereocenters. The third kappa shape index (κ3) is 6.41. The third-order valence-corrected chi connectivity index (χ3v) is 6.60. The van der Waals surface area contributed by atoms with Gasteiger partial charge in [-0.15, -0.1) is 0 Å². The molecule has 0 aliphatic heterocycles. The van der Waals surface area contributed by atoms with E-state index in [1.54, 1.807) is 0 Å². The number of benzene rings is 1. The molecule has 1 aromatic rings. The van der Waals surface area contributed by atoms with Crippen molar-refractivity contribution in [3.05, 3.63) is 28.8 Å². The molecular weight excluding hydrogens is 422 g/mol. The molecule has 11 heteroatoms. The van der Waals surface area contributed by atoms with E-state index in [4.69, 9.17) is 16.3 Å². The van der Waals surface area contributed by atoms with Gasteiger partial charge in [0.05, 0.1) is 15.5 Å². The van der Waals surface area contributed by atoms with Crippen molar-refractivity contribution in [1.82, 2.24) is 14.9 Å². The predicted octanol–water partition coefficient (Wildman–Crippen LogP) is 1.91. The molecule has 9 nitrogen and oxygen atoms in total. The van der Waals surface area contributed by atoms with Crippen LogP contribution in [0.4, 0.5) is 4.79 Å². The molecule has 2 N–H and O–H groups in total. The van der Waals surface area contributed by atoms with Crippen LogP contribution in [0.5, 0.6) is 0 Å². The molecule has 1 aromatic carbocycles. The molecule has 1 aliphatic carbocycles. The monoisotopic (exact) mass is 445 g/mol. The molecule has 0 bridgehead atoms. The van der Waals surface area contributed by atoms with Crippen molar-refractivity contribution in [2.24, 2.45) is 0 Å². The number of nitrogens with zero attached hydrogens (tertiary/aromatic N) is 1. The lowest BCUT2D eigenvalue weighted by molar-refractivity contribution is -0.123. The van der Waals surface area contributed by atoms with Crippen molar-refractivity contribution < 1.29 is 27.5 Å². The second kappa shape index (κ2) is 10.0. The maximum Gasteiger partial charge on any atom is 0.340 e. The zero-order chi connectivity index (χ0) is 21.6. The summed E-state index contributed by atoms with van der Waals surface area (Å²) in [5.41, 5.74) is -0.200. The molecule has 0 radical (unpaired) electrons. The van der Waals surface area contributed by atoms with Crippen LogP contribution in [0.15, 0.2) is 23.1 Å². The number of halogens is 1. The number of hydrogen-bond donors (Lipinski definition) is 2. The number of ether oxygens (including phenoxy) is 1. The standard InChI is InChI=1S/C18H24ClN3O6S/c1-22(2)29(26,27)13-8-9-15(19)14(10-13)17(24)28-11-16(23)21-18(25)20-12-6-4-3-5-7-12/h8-10,12H,3-7,11H2,1-2H3,(H2,20,21,23,25). The smallest absolute Gasteiger partial charge is 0.340 e. The van der Waals surface area contributed by atoms with E-state index in [1.165, 1.54) is 26.2 Å². The molecule has 1 aliphatic rings. The lowest BCUT2D eigenvalue weighted by Crippen LogP contribution is -2.46. The Bertz CT molecular complexity index is 882. The normalized spacial score (nSPS) is 15.0. The predicted molar refractivity (Wildman–Crippen MR) is 106 cm³/mol. The first-order valence-electron chi connectivity index (χ1n) is 9.11. The Balaban J connectivity index is 1.93. The molecule has 3 amide bonds. The Hall–Kier alpha value is -2.17. The van der Waals surface area contributed by atoms with E-state index in [0.29, 0.717) is 0 Å². The minimum atomic E-state index is -3.78. The van der Waals surface area contributed by atoms with E-state index < -0.39 is 34.5 Å².